The Kier molecular flexibility index (Phi) is 5.73. The van der Waals surface area contributed by atoms with Gasteiger partial charge in [0.15, 0.2) is 0 Å². The van der Waals surface area contributed by atoms with Crippen LogP contribution in [0.3, 0.4) is 0 Å². The largest absolute Gasteiger partial charge is 0.444 e. The molecule has 1 aromatic carbocycles. The zero-order valence-corrected chi connectivity index (χ0v) is 18.7. The second kappa shape index (κ2) is 8.33. The van der Waals surface area contributed by atoms with E-state index < -0.39 is 5.60 Å². The first-order chi connectivity index (χ1) is 14.7. The highest BCUT2D eigenvalue weighted by Crippen LogP contribution is 2.39. The van der Waals surface area contributed by atoms with E-state index in [1.165, 1.54) is 0 Å². The SMILES string of the molecule is Cc1c(C(=O)N2C[C@@H]3CC[C@H](NC(=O)OC(C)(C)C)[C@H]3C2)cccc1-c1ccccn1. The van der Waals surface area contributed by atoms with Crippen molar-refractivity contribution in [1.29, 1.82) is 0 Å². The third-order valence-electron chi connectivity index (χ3n) is 6.35. The van der Waals surface area contributed by atoms with Gasteiger partial charge in [0.1, 0.15) is 5.60 Å². The minimum Gasteiger partial charge on any atom is -0.444 e. The average Bonchev–Trinajstić information content (AvgIpc) is 3.29. The zero-order chi connectivity index (χ0) is 22.2. The van der Waals surface area contributed by atoms with Crippen molar-refractivity contribution in [3.63, 3.8) is 0 Å². The van der Waals surface area contributed by atoms with E-state index in [0.29, 0.717) is 12.5 Å². The Hall–Kier alpha value is -2.89. The number of rotatable bonds is 3. The van der Waals surface area contributed by atoms with Crippen molar-refractivity contribution in [3.05, 3.63) is 53.7 Å². The number of nitrogens with one attached hydrogen (secondary N) is 1. The Balaban J connectivity index is 1.46. The number of fused-ring (bicyclic) bond motifs is 1. The van der Waals surface area contributed by atoms with Gasteiger partial charge in [-0.05, 0) is 70.2 Å². The van der Waals surface area contributed by atoms with E-state index in [9.17, 15) is 9.59 Å². The van der Waals surface area contributed by atoms with Crippen LogP contribution in [0.5, 0.6) is 0 Å². The highest BCUT2D eigenvalue weighted by molar-refractivity contribution is 5.97. The molecule has 0 spiro atoms. The summed E-state index contributed by atoms with van der Waals surface area (Å²) in [6.45, 7) is 8.98. The van der Waals surface area contributed by atoms with Crippen LogP contribution in [0.2, 0.25) is 0 Å². The van der Waals surface area contributed by atoms with Crippen molar-refractivity contribution in [2.45, 2.75) is 52.2 Å². The second-order valence-electron chi connectivity index (χ2n) is 9.66. The molecule has 2 aromatic rings. The van der Waals surface area contributed by atoms with Gasteiger partial charge in [-0.25, -0.2) is 4.79 Å². The lowest BCUT2D eigenvalue weighted by Gasteiger charge is -2.25. The minimum atomic E-state index is -0.518. The molecule has 6 nitrogen and oxygen atoms in total. The smallest absolute Gasteiger partial charge is 0.407 e. The van der Waals surface area contributed by atoms with Crippen LogP contribution < -0.4 is 5.32 Å². The summed E-state index contributed by atoms with van der Waals surface area (Å²) < 4.78 is 5.43. The van der Waals surface area contributed by atoms with Gasteiger partial charge in [0, 0.05) is 42.4 Å². The van der Waals surface area contributed by atoms with Crippen LogP contribution in [-0.4, -0.2) is 46.6 Å². The number of aromatic nitrogens is 1. The molecule has 31 heavy (non-hydrogen) atoms. The Labute approximate surface area is 184 Å². The van der Waals surface area contributed by atoms with E-state index >= 15 is 0 Å². The van der Waals surface area contributed by atoms with Crippen molar-refractivity contribution in [3.8, 4) is 11.3 Å². The molecule has 2 aliphatic rings. The fraction of sp³-hybridized carbons (Fsp3) is 0.480. The molecule has 164 valence electrons. The fourth-order valence-corrected chi connectivity index (χ4v) is 4.91. The number of carbonyl (C=O) groups is 2. The molecular weight excluding hydrogens is 390 g/mol. The van der Waals surface area contributed by atoms with Gasteiger partial charge in [-0.15, -0.1) is 0 Å². The lowest BCUT2D eigenvalue weighted by molar-refractivity contribution is 0.0491. The number of nitrogens with zero attached hydrogens (tertiary/aromatic N) is 2. The standard InChI is InChI=1S/C25H31N3O3/c1-16-18(21-10-5-6-13-26-21)8-7-9-19(16)23(29)28-14-17-11-12-22(20(17)15-28)27-24(30)31-25(2,3)4/h5-10,13,17,20,22H,11-12,14-15H2,1-4H3,(H,27,30)/t17-,20-,22-/m0/s1. The van der Waals surface area contributed by atoms with Crippen LogP contribution in [0.15, 0.2) is 42.6 Å². The van der Waals surface area contributed by atoms with Crippen LogP contribution >= 0.6 is 0 Å². The van der Waals surface area contributed by atoms with Gasteiger partial charge in [-0.3, -0.25) is 9.78 Å². The van der Waals surface area contributed by atoms with E-state index in [2.05, 4.69) is 10.3 Å². The number of benzene rings is 1. The van der Waals surface area contributed by atoms with E-state index in [-0.39, 0.29) is 24.0 Å². The number of hydrogen-bond acceptors (Lipinski definition) is 4. The first-order valence-corrected chi connectivity index (χ1v) is 11.0. The predicted molar refractivity (Wildman–Crippen MR) is 120 cm³/mol. The minimum absolute atomic E-state index is 0.0543. The molecule has 1 saturated carbocycles. The third-order valence-corrected chi connectivity index (χ3v) is 6.35. The summed E-state index contributed by atoms with van der Waals surface area (Å²) in [5, 5.41) is 3.04. The Morgan fingerprint density at radius 1 is 1.10 bits per heavy atom. The number of carbonyl (C=O) groups excluding carboxylic acids is 2. The topological polar surface area (TPSA) is 71.5 Å². The molecule has 1 aromatic heterocycles. The molecule has 1 aliphatic carbocycles. The van der Waals surface area contributed by atoms with Crippen LogP contribution in [0.25, 0.3) is 11.3 Å². The molecule has 4 rings (SSSR count). The lowest BCUT2D eigenvalue weighted by atomic mass is 9.98. The maximum atomic E-state index is 13.4. The van der Waals surface area contributed by atoms with Crippen molar-refractivity contribution in [2.24, 2.45) is 11.8 Å². The number of ether oxygens (including phenoxy) is 1. The van der Waals surface area contributed by atoms with Crippen molar-refractivity contribution in [1.82, 2.24) is 15.2 Å². The quantitative estimate of drug-likeness (QED) is 0.796. The summed E-state index contributed by atoms with van der Waals surface area (Å²) in [4.78, 5) is 32.0. The molecule has 3 atom stereocenters. The van der Waals surface area contributed by atoms with Gasteiger partial charge in [0.2, 0.25) is 0 Å². The fourth-order valence-electron chi connectivity index (χ4n) is 4.91. The van der Waals surface area contributed by atoms with E-state index in [1.807, 2.05) is 69.0 Å². The summed E-state index contributed by atoms with van der Waals surface area (Å²) in [7, 11) is 0. The first-order valence-electron chi connectivity index (χ1n) is 11.0. The molecule has 6 heteroatoms. The normalized spacial score (nSPS) is 22.8. The van der Waals surface area contributed by atoms with Crippen molar-refractivity contribution < 1.29 is 14.3 Å². The summed E-state index contributed by atoms with van der Waals surface area (Å²) >= 11 is 0. The Bertz CT molecular complexity index is 968. The third kappa shape index (κ3) is 4.58. The molecule has 1 saturated heterocycles. The average molecular weight is 422 g/mol. The Morgan fingerprint density at radius 3 is 2.61 bits per heavy atom. The maximum absolute atomic E-state index is 13.4. The predicted octanol–water partition coefficient (Wildman–Crippen LogP) is 4.43. The number of hydrogen-bond donors (Lipinski definition) is 1. The molecule has 2 heterocycles. The Morgan fingerprint density at radius 2 is 1.90 bits per heavy atom. The monoisotopic (exact) mass is 421 g/mol. The summed E-state index contributed by atoms with van der Waals surface area (Å²) in [5.41, 5.74) is 3.01. The van der Waals surface area contributed by atoms with Gasteiger partial charge in [-0.2, -0.15) is 0 Å². The van der Waals surface area contributed by atoms with Gasteiger partial charge in [0.25, 0.3) is 5.91 Å². The van der Waals surface area contributed by atoms with E-state index in [4.69, 9.17) is 4.74 Å². The molecule has 0 unspecified atom stereocenters. The first kappa shape index (κ1) is 21.3. The van der Waals surface area contributed by atoms with Gasteiger partial charge in [0.05, 0.1) is 5.69 Å². The highest BCUT2D eigenvalue weighted by Gasteiger charge is 2.45. The highest BCUT2D eigenvalue weighted by atomic mass is 16.6. The number of pyridine rings is 1. The number of amides is 2. The maximum Gasteiger partial charge on any atom is 0.407 e. The molecular formula is C25H31N3O3. The van der Waals surface area contributed by atoms with Crippen LogP contribution in [0, 0.1) is 18.8 Å². The molecule has 2 fully saturated rings. The van der Waals surface area contributed by atoms with Crippen molar-refractivity contribution >= 4 is 12.0 Å². The number of alkyl carbamates (subject to hydrolysis) is 1. The van der Waals surface area contributed by atoms with Gasteiger partial charge >= 0.3 is 6.09 Å². The van der Waals surface area contributed by atoms with Gasteiger partial charge in [-0.1, -0.05) is 18.2 Å². The van der Waals surface area contributed by atoms with Gasteiger partial charge < -0.3 is 15.0 Å². The summed E-state index contributed by atoms with van der Waals surface area (Å²) in [5.74, 6) is 0.750. The number of likely N-dealkylation sites (tertiary alicyclic amines) is 1. The molecule has 0 bridgehead atoms. The lowest BCUT2D eigenvalue weighted by Crippen LogP contribution is -2.42. The second-order valence-corrected chi connectivity index (χ2v) is 9.66. The van der Waals surface area contributed by atoms with Crippen molar-refractivity contribution in [2.75, 3.05) is 13.1 Å². The van der Waals surface area contributed by atoms with Crippen LogP contribution in [-0.2, 0) is 4.74 Å². The summed E-state index contributed by atoms with van der Waals surface area (Å²) in [6.07, 6.45) is 3.34. The van der Waals surface area contributed by atoms with Crippen LogP contribution in [0.1, 0.15) is 49.5 Å². The molecule has 0 radical (unpaired) electrons. The summed E-state index contributed by atoms with van der Waals surface area (Å²) in [6, 6.07) is 11.7. The zero-order valence-electron chi connectivity index (χ0n) is 18.7. The molecule has 1 aliphatic heterocycles. The molecule has 2 amide bonds. The van der Waals surface area contributed by atoms with Crippen LogP contribution in [0.4, 0.5) is 4.79 Å². The van der Waals surface area contributed by atoms with E-state index in [0.717, 1.165) is 41.8 Å². The molecule has 1 N–H and O–H groups in total. The van der Waals surface area contributed by atoms with E-state index in [1.54, 1.807) is 6.20 Å².